The lowest BCUT2D eigenvalue weighted by atomic mass is 10.1. The maximum Gasteiger partial charge on any atom is 0.306 e. The molecule has 0 bridgehead atoms. The van der Waals surface area contributed by atoms with Crippen molar-refractivity contribution in [2.75, 3.05) is 6.61 Å². The van der Waals surface area contributed by atoms with Crippen molar-refractivity contribution in [3.8, 4) is 10.7 Å². The van der Waals surface area contributed by atoms with E-state index in [4.69, 9.17) is 9.26 Å². The van der Waals surface area contributed by atoms with Gasteiger partial charge in [-0.25, -0.2) is 0 Å². The minimum atomic E-state index is -0.517. The third-order valence-corrected chi connectivity index (χ3v) is 4.80. The number of Topliss-reactive ketones (excluding diaryl/α,β-unsaturated/α-hetero) is 1. The lowest BCUT2D eigenvalue weighted by Crippen LogP contribution is -2.19. The molecule has 0 unspecified atom stereocenters. The highest BCUT2D eigenvalue weighted by Crippen LogP contribution is 2.21. The maximum absolute atomic E-state index is 12.1. The van der Waals surface area contributed by atoms with E-state index in [0.717, 1.165) is 10.4 Å². The Balaban J connectivity index is 1.42. The number of hydrogen-bond acceptors (Lipinski definition) is 8. The van der Waals surface area contributed by atoms with Crippen molar-refractivity contribution in [2.45, 2.75) is 26.3 Å². The van der Waals surface area contributed by atoms with Gasteiger partial charge in [0.15, 0.2) is 12.4 Å². The average molecular weight is 413 g/mol. The van der Waals surface area contributed by atoms with Crippen LogP contribution in [0.5, 0.6) is 0 Å². The molecule has 1 N–H and O–H groups in total. The number of hydrogen-bond donors (Lipinski definition) is 1. The maximum atomic E-state index is 12.1. The number of nitrogens with one attached hydrogen (secondary N) is 1. The van der Waals surface area contributed by atoms with Gasteiger partial charge in [0.25, 0.3) is 0 Å². The second-order valence-corrected chi connectivity index (χ2v) is 7.13. The molecule has 1 amide bonds. The predicted octanol–water partition coefficient (Wildman–Crippen LogP) is 2.79. The van der Waals surface area contributed by atoms with Crippen LogP contribution in [0.25, 0.3) is 10.7 Å². The van der Waals surface area contributed by atoms with E-state index in [1.54, 1.807) is 24.3 Å². The van der Waals surface area contributed by atoms with Gasteiger partial charge in [0, 0.05) is 25.5 Å². The molecule has 0 fully saturated rings. The quantitative estimate of drug-likeness (QED) is 0.424. The minimum Gasteiger partial charge on any atom is -0.457 e. The molecule has 0 aliphatic carbocycles. The Morgan fingerprint density at radius 1 is 1.17 bits per heavy atom. The molecule has 0 aliphatic heterocycles. The molecule has 2 heterocycles. The summed E-state index contributed by atoms with van der Waals surface area (Å²) in [7, 11) is 0. The number of rotatable bonds is 9. The van der Waals surface area contributed by atoms with Crippen molar-refractivity contribution < 1.29 is 23.6 Å². The molecule has 1 aromatic carbocycles. The number of esters is 1. The van der Waals surface area contributed by atoms with E-state index in [-0.39, 0.29) is 31.1 Å². The van der Waals surface area contributed by atoms with Gasteiger partial charge in [0.05, 0.1) is 11.3 Å². The third-order valence-electron chi connectivity index (χ3n) is 3.93. The van der Waals surface area contributed by atoms with E-state index >= 15 is 0 Å². The molecular formula is C20H19N3O5S. The second-order valence-electron chi connectivity index (χ2n) is 6.18. The van der Waals surface area contributed by atoms with Gasteiger partial charge >= 0.3 is 5.97 Å². The minimum absolute atomic E-state index is 0.0367. The fourth-order valence-corrected chi connectivity index (χ4v) is 3.06. The summed E-state index contributed by atoms with van der Waals surface area (Å²) in [5, 5.41) is 8.47. The SMILES string of the molecule is CC(=O)NCc1ccc(C(=O)COC(=O)CCc2nc(-c3cccs3)no2)cc1. The largest absolute Gasteiger partial charge is 0.457 e. The number of aromatic nitrogens is 2. The topological polar surface area (TPSA) is 111 Å². The number of carbonyl (C=O) groups excluding carboxylic acids is 3. The number of amides is 1. The van der Waals surface area contributed by atoms with E-state index in [0.29, 0.717) is 23.8 Å². The van der Waals surface area contributed by atoms with E-state index in [1.165, 1.54) is 18.3 Å². The summed E-state index contributed by atoms with van der Waals surface area (Å²) in [4.78, 5) is 40.1. The first kappa shape index (κ1) is 20.4. The molecule has 2 aromatic heterocycles. The highest BCUT2D eigenvalue weighted by Gasteiger charge is 2.14. The number of nitrogens with zero attached hydrogens (tertiary/aromatic N) is 2. The number of aryl methyl sites for hydroxylation is 1. The van der Waals surface area contributed by atoms with Gasteiger partial charge in [-0.2, -0.15) is 4.98 Å². The summed E-state index contributed by atoms with van der Waals surface area (Å²) < 4.78 is 10.2. The van der Waals surface area contributed by atoms with Crippen LogP contribution < -0.4 is 5.32 Å². The molecule has 0 atom stereocenters. The van der Waals surface area contributed by atoms with Crippen LogP contribution in [-0.2, 0) is 27.3 Å². The predicted molar refractivity (Wildman–Crippen MR) is 105 cm³/mol. The zero-order valence-electron chi connectivity index (χ0n) is 15.7. The highest BCUT2D eigenvalue weighted by atomic mass is 32.1. The van der Waals surface area contributed by atoms with Crippen LogP contribution >= 0.6 is 11.3 Å². The van der Waals surface area contributed by atoms with Crippen LogP contribution in [0, 0.1) is 0 Å². The molecule has 0 aliphatic rings. The third kappa shape index (κ3) is 6.08. The van der Waals surface area contributed by atoms with Crippen LogP contribution in [0.4, 0.5) is 0 Å². The van der Waals surface area contributed by atoms with Gasteiger partial charge in [0.2, 0.25) is 17.6 Å². The number of carbonyl (C=O) groups is 3. The Bertz CT molecular complexity index is 980. The number of ketones is 1. The van der Waals surface area contributed by atoms with Gasteiger partial charge in [-0.15, -0.1) is 11.3 Å². The van der Waals surface area contributed by atoms with E-state index < -0.39 is 5.97 Å². The first-order valence-corrected chi connectivity index (χ1v) is 9.78. The monoisotopic (exact) mass is 413 g/mol. The molecule has 0 saturated heterocycles. The van der Waals surface area contributed by atoms with Gasteiger partial charge < -0.3 is 14.6 Å². The van der Waals surface area contributed by atoms with Crippen molar-refractivity contribution in [2.24, 2.45) is 0 Å². The summed E-state index contributed by atoms with van der Waals surface area (Å²) in [6.45, 7) is 1.49. The molecule has 9 heteroatoms. The average Bonchev–Trinajstić information content (AvgIpc) is 3.41. The molecule has 29 heavy (non-hydrogen) atoms. The Hall–Kier alpha value is -3.33. The zero-order chi connectivity index (χ0) is 20.6. The highest BCUT2D eigenvalue weighted by molar-refractivity contribution is 7.13. The summed E-state index contributed by atoms with van der Waals surface area (Å²) >= 11 is 1.50. The van der Waals surface area contributed by atoms with Crippen LogP contribution in [-0.4, -0.2) is 34.4 Å². The van der Waals surface area contributed by atoms with Crippen LogP contribution in [0.1, 0.15) is 35.2 Å². The Morgan fingerprint density at radius 3 is 2.66 bits per heavy atom. The summed E-state index contributed by atoms with van der Waals surface area (Å²) in [5.41, 5.74) is 1.30. The zero-order valence-corrected chi connectivity index (χ0v) is 16.5. The first-order chi connectivity index (χ1) is 14.0. The summed E-state index contributed by atoms with van der Waals surface area (Å²) in [6, 6.07) is 10.5. The fraction of sp³-hybridized carbons (Fsp3) is 0.250. The van der Waals surface area contributed by atoms with Crippen LogP contribution in [0.3, 0.4) is 0 Å². The summed E-state index contributed by atoms with van der Waals surface area (Å²) in [6.07, 6.45) is 0.276. The van der Waals surface area contributed by atoms with Gasteiger partial charge in [-0.3, -0.25) is 14.4 Å². The molecule has 0 spiro atoms. The van der Waals surface area contributed by atoms with Crippen molar-refractivity contribution in [1.82, 2.24) is 15.5 Å². The van der Waals surface area contributed by atoms with Crippen molar-refractivity contribution >= 4 is 29.0 Å². The second kappa shape index (κ2) is 9.74. The van der Waals surface area contributed by atoms with Gasteiger partial charge in [-0.05, 0) is 17.0 Å². The molecule has 3 aromatic rings. The summed E-state index contributed by atoms with van der Waals surface area (Å²) in [5.74, 6) is -0.119. The van der Waals surface area contributed by atoms with E-state index in [1.807, 2.05) is 17.5 Å². The molecule has 8 nitrogen and oxygen atoms in total. The number of benzene rings is 1. The molecule has 0 saturated carbocycles. The van der Waals surface area contributed by atoms with Crippen molar-refractivity contribution in [3.63, 3.8) is 0 Å². The number of ether oxygens (including phenoxy) is 1. The van der Waals surface area contributed by atoms with Crippen LogP contribution in [0.15, 0.2) is 46.3 Å². The molecule has 150 valence electrons. The normalized spacial score (nSPS) is 10.5. The lowest BCUT2D eigenvalue weighted by molar-refractivity contribution is -0.142. The standard InChI is InChI=1S/C20H19N3O5S/c1-13(24)21-11-14-4-6-15(7-5-14)16(25)12-27-19(26)9-8-18-22-20(23-28-18)17-3-2-10-29-17/h2-7,10H,8-9,11-12H2,1H3,(H,21,24). The van der Waals surface area contributed by atoms with Gasteiger partial charge in [-0.1, -0.05) is 35.5 Å². The first-order valence-electron chi connectivity index (χ1n) is 8.90. The smallest absolute Gasteiger partial charge is 0.306 e. The Kier molecular flexibility index (Phi) is 6.85. The fourth-order valence-electron chi connectivity index (χ4n) is 2.41. The van der Waals surface area contributed by atoms with E-state index in [2.05, 4.69) is 15.5 Å². The molecular weight excluding hydrogens is 394 g/mol. The molecule has 3 rings (SSSR count). The lowest BCUT2D eigenvalue weighted by Gasteiger charge is -2.05. The van der Waals surface area contributed by atoms with Gasteiger partial charge in [0.1, 0.15) is 0 Å². The van der Waals surface area contributed by atoms with Crippen molar-refractivity contribution in [1.29, 1.82) is 0 Å². The Labute approximate surface area is 170 Å². The Morgan fingerprint density at radius 2 is 1.97 bits per heavy atom. The van der Waals surface area contributed by atoms with Crippen LogP contribution in [0.2, 0.25) is 0 Å². The van der Waals surface area contributed by atoms with Crippen molar-refractivity contribution in [3.05, 3.63) is 58.8 Å². The van der Waals surface area contributed by atoms with E-state index in [9.17, 15) is 14.4 Å². The molecule has 0 radical (unpaired) electrons. The number of thiophene rings is 1.